The minimum atomic E-state index is -3.91. The van der Waals surface area contributed by atoms with Crippen LogP contribution in [0.1, 0.15) is 82.5 Å². The van der Waals surface area contributed by atoms with Crippen LogP contribution in [0, 0.1) is 17.8 Å². The number of likely N-dealkylation sites (tertiary alicyclic amines) is 1. The van der Waals surface area contributed by atoms with Gasteiger partial charge in [0, 0.05) is 55.3 Å². The molecule has 3 aliphatic heterocycles. The Kier molecular flexibility index (Phi) is 10.5. The van der Waals surface area contributed by atoms with Crippen LogP contribution in [0.5, 0.6) is 0 Å². The Labute approximate surface area is 321 Å². The molecule has 1 aromatic carbocycles. The molecule has 2 saturated carbocycles. The Bertz CT molecular complexity index is 1980. The third kappa shape index (κ3) is 8.41. The van der Waals surface area contributed by atoms with Gasteiger partial charge in [-0.1, -0.05) is 37.1 Å². The zero-order chi connectivity index (χ0) is 39.1. The number of nitrogens with one attached hydrogen (secondary N) is 3. The number of aromatic nitrogens is 1. The van der Waals surface area contributed by atoms with Crippen molar-refractivity contribution < 1.29 is 37.1 Å². The molecule has 0 spiro atoms. The maximum atomic E-state index is 14.7. The molecule has 5 aliphatic rings. The standard InChI is InChI=1S/C40H50N6O8S/c1-39(2,3)54-38(51)42-32-13-8-6-4-5-7-12-29-21-40(29,37(50)44-55(52,53)30-14-15-30)43-34(47)33-31-24-45(22-28(31)23-46(33)36(32)49)35(48)27-11-9-10-26(20-27)25-16-18-41-19-17-25/h7,9-12,16-20,28-33H,4-6,8,13-15,21-24H2,1-3H3,(H,42,51)(H,43,47)(H,44,50)/b12-7-/t28-,29-,31-,32-,33-,40+/m0/s1. The van der Waals surface area contributed by atoms with Gasteiger partial charge in [-0.15, -0.1) is 0 Å². The van der Waals surface area contributed by atoms with E-state index in [1.807, 2.05) is 42.5 Å². The summed E-state index contributed by atoms with van der Waals surface area (Å²) in [4.78, 5) is 77.3. The molecule has 6 atom stereocenters. The van der Waals surface area contributed by atoms with Crippen LogP contribution in [0.4, 0.5) is 4.79 Å². The van der Waals surface area contributed by atoms with E-state index in [4.69, 9.17) is 4.74 Å². The van der Waals surface area contributed by atoms with E-state index in [1.165, 1.54) is 4.90 Å². The van der Waals surface area contributed by atoms with E-state index in [0.29, 0.717) is 37.7 Å². The minimum Gasteiger partial charge on any atom is -0.444 e. The van der Waals surface area contributed by atoms with E-state index < -0.39 is 74.1 Å². The summed E-state index contributed by atoms with van der Waals surface area (Å²) in [6, 6.07) is 8.96. The van der Waals surface area contributed by atoms with Crippen LogP contribution in [0.3, 0.4) is 0 Å². The van der Waals surface area contributed by atoms with Crippen molar-refractivity contribution in [3.05, 3.63) is 66.5 Å². The molecule has 2 saturated heterocycles. The molecule has 2 aliphatic carbocycles. The van der Waals surface area contributed by atoms with Gasteiger partial charge in [-0.2, -0.15) is 0 Å². The molecule has 1 aromatic heterocycles. The van der Waals surface area contributed by atoms with Gasteiger partial charge in [-0.25, -0.2) is 13.2 Å². The van der Waals surface area contributed by atoms with Crippen LogP contribution < -0.4 is 15.4 Å². The SMILES string of the molecule is CC(C)(C)OC(=O)N[C@H]1CCCCC/C=C\[C@H]2C[C@@]2(C(=O)NS(=O)(=O)C2CC2)NC(=O)[C@@H]2[C@H]3CN(C(=O)c4cccc(-c5ccncc5)c4)C[C@H]3CN2C1=O. The van der Waals surface area contributed by atoms with Crippen molar-refractivity contribution >= 4 is 39.7 Å². The predicted molar refractivity (Wildman–Crippen MR) is 203 cm³/mol. The lowest BCUT2D eigenvalue weighted by molar-refractivity contribution is -0.142. The number of carbonyl (C=O) groups is 5. The summed E-state index contributed by atoms with van der Waals surface area (Å²) in [6.45, 7) is 5.81. The summed E-state index contributed by atoms with van der Waals surface area (Å²) in [5, 5.41) is 5.06. The van der Waals surface area contributed by atoms with Crippen LogP contribution in [-0.4, -0.2) is 101 Å². The van der Waals surface area contributed by atoms with E-state index in [-0.39, 0.29) is 37.9 Å². The first-order valence-electron chi connectivity index (χ1n) is 19.3. The van der Waals surface area contributed by atoms with Crippen molar-refractivity contribution in [2.75, 3.05) is 19.6 Å². The van der Waals surface area contributed by atoms with E-state index in [9.17, 15) is 32.4 Å². The Morgan fingerprint density at radius 2 is 1.73 bits per heavy atom. The Morgan fingerprint density at radius 3 is 2.45 bits per heavy atom. The van der Waals surface area contributed by atoms with E-state index in [1.54, 1.807) is 44.1 Å². The molecule has 0 unspecified atom stereocenters. The fourth-order valence-electron chi connectivity index (χ4n) is 8.25. The molecule has 55 heavy (non-hydrogen) atoms. The molecule has 294 valence electrons. The number of amides is 5. The van der Waals surface area contributed by atoms with Crippen molar-refractivity contribution in [1.29, 1.82) is 0 Å². The largest absolute Gasteiger partial charge is 0.444 e. The van der Waals surface area contributed by atoms with Crippen LogP contribution in [-0.2, 0) is 29.1 Å². The molecular weight excluding hydrogens is 725 g/mol. The number of rotatable bonds is 6. The maximum absolute atomic E-state index is 14.7. The number of pyridine rings is 1. The lowest BCUT2D eigenvalue weighted by atomic mass is 9.93. The number of ether oxygens (including phenoxy) is 1. The summed E-state index contributed by atoms with van der Waals surface area (Å²) in [5.41, 5.74) is -0.0686. The number of hydrogen-bond acceptors (Lipinski definition) is 9. The van der Waals surface area contributed by atoms with Gasteiger partial charge in [0.15, 0.2) is 0 Å². The highest BCUT2D eigenvalue weighted by Gasteiger charge is 2.63. The van der Waals surface area contributed by atoms with Gasteiger partial charge in [-0.05, 0) is 94.7 Å². The fraction of sp³-hybridized carbons (Fsp3) is 0.550. The molecule has 14 nitrogen and oxygen atoms in total. The van der Waals surface area contributed by atoms with Crippen molar-refractivity contribution in [3.8, 4) is 11.1 Å². The Hall–Kier alpha value is -4.79. The molecule has 4 heterocycles. The minimum absolute atomic E-state index is 0.146. The fourth-order valence-corrected chi connectivity index (χ4v) is 9.61. The van der Waals surface area contributed by atoms with Gasteiger partial charge in [0.2, 0.25) is 21.8 Å². The number of hydrogen-bond donors (Lipinski definition) is 3. The summed E-state index contributed by atoms with van der Waals surface area (Å²) < 4.78 is 33.5. The molecular formula is C40H50N6O8S. The smallest absolute Gasteiger partial charge is 0.408 e. The van der Waals surface area contributed by atoms with E-state index >= 15 is 0 Å². The Balaban J connectivity index is 1.18. The third-order valence-electron chi connectivity index (χ3n) is 11.3. The summed E-state index contributed by atoms with van der Waals surface area (Å²) >= 11 is 0. The lowest BCUT2D eigenvalue weighted by Crippen LogP contribution is -2.60. The highest BCUT2D eigenvalue weighted by molar-refractivity contribution is 7.91. The third-order valence-corrected chi connectivity index (χ3v) is 13.1. The van der Waals surface area contributed by atoms with Crippen LogP contribution >= 0.6 is 0 Å². The number of alkyl carbamates (subject to hydrolysis) is 1. The van der Waals surface area contributed by atoms with E-state index in [2.05, 4.69) is 20.3 Å². The van der Waals surface area contributed by atoms with Crippen LogP contribution in [0.25, 0.3) is 11.1 Å². The topological polar surface area (TPSA) is 184 Å². The molecule has 4 fully saturated rings. The van der Waals surface area contributed by atoms with Gasteiger partial charge >= 0.3 is 6.09 Å². The van der Waals surface area contributed by atoms with Gasteiger partial charge in [0.1, 0.15) is 23.2 Å². The van der Waals surface area contributed by atoms with Crippen molar-refractivity contribution in [1.82, 2.24) is 30.1 Å². The molecule has 5 amide bonds. The molecule has 0 radical (unpaired) electrons. The highest BCUT2D eigenvalue weighted by Crippen LogP contribution is 2.47. The molecule has 0 bridgehead atoms. The zero-order valence-corrected chi connectivity index (χ0v) is 32.3. The van der Waals surface area contributed by atoms with Crippen molar-refractivity contribution in [2.24, 2.45) is 17.8 Å². The molecule has 15 heteroatoms. The normalized spacial score (nSPS) is 29.0. The monoisotopic (exact) mass is 774 g/mol. The average Bonchev–Trinajstić information content (AvgIpc) is 4.04. The van der Waals surface area contributed by atoms with E-state index in [0.717, 1.165) is 24.0 Å². The highest BCUT2D eigenvalue weighted by atomic mass is 32.2. The molecule has 2 aromatic rings. The zero-order valence-electron chi connectivity index (χ0n) is 31.5. The van der Waals surface area contributed by atoms with Crippen LogP contribution in [0.15, 0.2) is 60.9 Å². The van der Waals surface area contributed by atoms with Crippen molar-refractivity contribution in [3.63, 3.8) is 0 Å². The number of fused-ring (bicyclic) bond motifs is 4. The second-order valence-corrected chi connectivity index (χ2v) is 18.6. The van der Waals surface area contributed by atoms with Gasteiger partial charge < -0.3 is 25.2 Å². The van der Waals surface area contributed by atoms with Gasteiger partial charge in [-0.3, -0.25) is 28.9 Å². The van der Waals surface area contributed by atoms with Gasteiger partial charge in [0.25, 0.3) is 11.8 Å². The first-order chi connectivity index (χ1) is 26.1. The number of benzene rings is 1. The number of carbonyl (C=O) groups excluding carboxylic acids is 5. The lowest BCUT2D eigenvalue weighted by Gasteiger charge is -2.33. The summed E-state index contributed by atoms with van der Waals surface area (Å²) in [7, 11) is -3.91. The predicted octanol–water partition coefficient (Wildman–Crippen LogP) is 3.54. The van der Waals surface area contributed by atoms with Crippen LogP contribution in [0.2, 0.25) is 0 Å². The summed E-state index contributed by atoms with van der Waals surface area (Å²) in [5.74, 6) is -3.25. The van der Waals surface area contributed by atoms with Crippen molar-refractivity contribution in [2.45, 2.75) is 101 Å². The Morgan fingerprint density at radius 1 is 0.964 bits per heavy atom. The molecule has 3 N–H and O–H groups in total. The average molecular weight is 775 g/mol. The second kappa shape index (κ2) is 15.0. The first kappa shape index (κ1) is 38.5. The summed E-state index contributed by atoms with van der Waals surface area (Å²) in [6.07, 6.45) is 10.8. The van der Waals surface area contributed by atoms with Gasteiger partial charge in [0.05, 0.1) is 5.25 Å². The number of allylic oxidation sites excluding steroid dienone is 1. The second-order valence-electron chi connectivity index (χ2n) is 16.6. The quantitative estimate of drug-likeness (QED) is 0.370. The first-order valence-corrected chi connectivity index (χ1v) is 20.8. The number of sulfonamides is 1. The molecule has 7 rings (SSSR count). The maximum Gasteiger partial charge on any atom is 0.408 e. The number of nitrogens with zero attached hydrogens (tertiary/aromatic N) is 3.